The number of aryl methyl sites for hydroxylation is 1. The number of carbonyl (C=O) groups excluding carboxylic acids is 1. The Morgan fingerprint density at radius 2 is 2.12 bits per heavy atom. The van der Waals surface area contributed by atoms with Gasteiger partial charge in [0.1, 0.15) is 5.82 Å². The highest BCUT2D eigenvalue weighted by atomic mass is 32.1. The van der Waals surface area contributed by atoms with Crippen LogP contribution in [0.3, 0.4) is 0 Å². The number of hydrogen-bond donors (Lipinski definition) is 1. The van der Waals surface area contributed by atoms with Gasteiger partial charge in [-0.3, -0.25) is 4.79 Å². The summed E-state index contributed by atoms with van der Waals surface area (Å²) in [6, 6.07) is 5.78. The Kier molecular flexibility index (Phi) is 3.89. The minimum atomic E-state index is -0.0967. The van der Waals surface area contributed by atoms with Gasteiger partial charge in [-0.2, -0.15) is 4.52 Å². The molecule has 8 heteroatoms. The first-order valence-corrected chi connectivity index (χ1v) is 8.88. The van der Waals surface area contributed by atoms with Crippen LogP contribution in [0.5, 0.6) is 0 Å². The lowest BCUT2D eigenvalue weighted by Crippen LogP contribution is -2.24. The Bertz CT molecular complexity index is 880. The molecule has 1 N–H and O–H groups in total. The number of rotatable bonds is 4. The second kappa shape index (κ2) is 6.20. The number of anilines is 1. The first kappa shape index (κ1) is 15.1. The molecule has 0 atom stereocenters. The summed E-state index contributed by atoms with van der Waals surface area (Å²) < 4.78 is 1.72. The van der Waals surface area contributed by atoms with Gasteiger partial charge in [0.25, 0.3) is 5.91 Å². The summed E-state index contributed by atoms with van der Waals surface area (Å²) in [4.78, 5) is 15.1. The standard InChI is InChI=1S/C16H18N6OS/c1-11-8-12(24-10-11)16(23)17-9-15-19-18-13-4-5-14(20-22(13)15)21-6-2-3-7-21/h4-5,8,10H,2-3,6-7,9H2,1H3,(H,17,23). The molecule has 24 heavy (non-hydrogen) atoms. The SMILES string of the molecule is Cc1csc(C(=O)NCc2nnc3ccc(N4CCCC4)nn23)c1. The lowest BCUT2D eigenvalue weighted by molar-refractivity contribution is 0.0953. The van der Waals surface area contributed by atoms with E-state index in [9.17, 15) is 4.79 Å². The number of amides is 1. The molecule has 1 saturated heterocycles. The zero-order chi connectivity index (χ0) is 16.5. The molecule has 1 fully saturated rings. The first-order valence-electron chi connectivity index (χ1n) is 8.00. The molecule has 1 amide bonds. The molecule has 3 aromatic heterocycles. The van der Waals surface area contributed by atoms with Crippen LogP contribution in [0.15, 0.2) is 23.6 Å². The van der Waals surface area contributed by atoms with Gasteiger partial charge in [0.05, 0.1) is 11.4 Å². The van der Waals surface area contributed by atoms with E-state index in [-0.39, 0.29) is 5.91 Å². The summed E-state index contributed by atoms with van der Waals surface area (Å²) in [5, 5.41) is 17.8. The maximum absolute atomic E-state index is 12.2. The second-order valence-corrected chi connectivity index (χ2v) is 6.85. The first-order chi connectivity index (χ1) is 11.7. The van der Waals surface area contributed by atoms with E-state index in [1.54, 1.807) is 4.52 Å². The van der Waals surface area contributed by atoms with Gasteiger partial charge in [-0.1, -0.05) is 0 Å². The van der Waals surface area contributed by atoms with Crippen molar-refractivity contribution >= 4 is 28.7 Å². The van der Waals surface area contributed by atoms with E-state index >= 15 is 0 Å². The largest absolute Gasteiger partial charge is 0.355 e. The lowest BCUT2D eigenvalue weighted by atomic mass is 10.3. The van der Waals surface area contributed by atoms with Crippen LogP contribution in [0.25, 0.3) is 5.65 Å². The van der Waals surface area contributed by atoms with Crippen molar-refractivity contribution in [2.75, 3.05) is 18.0 Å². The predicted molar refractivity (Wildman–Crippen MR) is 92.5 cm³/mol. The van der Waals surface area contributed by atoms with Gasteiger partial charge in [0, 0.05) is 13.1 Å². The van der Waals surface area contributed by atoms with Crippen LogP contribution in [0.4, 0.5) is 5.82 Å². The molecule has 0 spiro atoms. The molecule has 0 aromatic carbocycles. The molecule has 0 aliphatic carbocycles. The molecule has 0 saturated carbocycles. The van der Waals surface area contributed by atoms with E-state index in [1.165, 1.54) is 24.2 Å². The van der Waals surface area contributed by atoms with E-state index in [0.29, 0.717) is 22.9 Å². The topological polar surface area (TPSA) is 75.4 Å². The van der Waals surface area contributed by atoms with Gasteiger partial charge in [0.2, 0.25) is 0 Å². The Balaban J connectivity index is 1.53. The zero-order valence-corrected chi connectivity index (χ0v) is 14.2. The van der Waals surface area contributed by atoms with Crippen LogP contribution in [-0.2, 0) is 6.54 Å². The summed E-state index contributed by atoms with van der Waals surface area (Å²) in [5.74, 6) is 1.47. The lowest BCUT2D eigenvalue weighted by Gasteiger charge is -2.15. The van der Waals surface area contributed by atoms with Crippen LogP contribution < -0.4 is 10.2 Å². The van der Waals surface area contributed by atoms with Gasteiger partial charge in [-0.15, -0.1) is 26.6 Å². The molecule has 0 bridgehead atoms. The molecule has 4 rings (SSSR count). The van der Waals surface area contributed by atoms with E-state index in [0.717, 1.165) is 24.5 Å². The average molecular weight is 342 g/mol. The number of nitrogens with one attached hydrogen (secondary N) is 1. The summed E-state index contributed by atoms with van der Waals surface area (Å²) in [6.07, 6.45) is 2.40. The quantitative estimate of drug-likeness (QED) is 0.785. The zero-order valence-electron chi connectivity index (χ0n) is 13.4. The Morgan fingerprint density at radius 3 is 2.88 bits per heavy atom. The average Bonchev–Trinajstić information content (AvgIpc) is 3.33. The number of fused-ring (bicyclic) bond motifs is 1. The molecule has 1 aliphatic heterocycles. The maximum atomic E-state index is 12.2. The Morgan fingerprint density at radius 1 is 1.29 bits per heavy atom. The second-order valence-electron chi connectivity index (χ2n) is 5.94. The highest BCUT2D eigenvalue weighted by molar-refractivity contribution is 7.12. The molecule has 1 aliphatic rings. The van der Waals surface area contributed by atoms with Crippen LogP contribution in [0.2, 0.25) is 0 Å². The van der Waals surface area contributed by atoms with Crippen molar-refractivity contribution in [3.05, 3.63) is 39.8 Å². The van der Waals surface area contributed by atoms with Crippen LogP contribution in [-0.4, -0.2) is 38.8 Å². The van der Waals surface area contributed by atoms with Gasteiger partial charge in [0.15, 0.2) is 11.5 Å². The highest BCUT2D eigenvalue weighted by Crippen LogP contribution is 2.18. The molecule has 3 aromatic rings. The van der Waals surface area contributed by atoms with Crippen molar-refractivity contribution in [3.8, 4) is 0 Å². The minimum absolute atomic E-state index is 0.0967. The van der Waals surface area contributed by atoms with Crippen molar-refractivity contribution in [3.63, 3.8) is 0 Å². The molecule has 4 heterocycles. The van der Waals surface area contributed by atoms with Crippen molar-refractivity contribution < 1.29 is 4.79 Å². The number of carbonyl (C=O) groups is 1. The Labute approximate surface area is 143 Å². The van der Waals surface area contributed by atoms with E-state index in [4.69, 9.17) is 0 Å². The number of hydrogen-bond acceptors (Lipinski definition) is 6. The molecule has 0 radical (unpaired) electrons. The summed E-state index contributed by atoms with van der Waals surface area (Å²) in [6.45, 7) is 4.34. The smallest absolute Gasteiger partial charge is 0.261 e. The number of aromatic nitrogens is 4. The third kappa shape index (κ3) is 2.84. The van der Waals surface area contributed by atoms with Crippen LogP contribution >= 0.6 is 11.3 Å². The summed E-state index contributed by atoms with van der Waals surface area (Å²) >= 11 is 1.44. The van der Waals surface area contributed by atoms with E-state index in [1.807, 2.05) is 30.5 Å². The van der Waals surface area contributed by atoms with Gasteiger partial charge in [-0.25, -0.2) is 0 Å². The monoisotopic (exact) mass is 342 g/mol. The number of nitrogens with zero attached hydrogens (tertiary/aromatic N) is 5. The molecule has 0 unspecified atom stereocenters. The fourth-order valence-electron chi connectivity index (χ4n) is 2.85. The fraction of sp³-hybridized carbons (Fsp3) is 0.375. The molecule has 7 nitrogen and oxygen atoms in total. The third-order valence-electron chi connectivity index (χ3n) is 4.10. The summed E-state index contributed by atoms with van der Waals surface area (Å²) in [7, 11) is 0. The van der Waals surface area contributed by atoms with E-state index < -0.39 is 0 Å². The van der Waals surface area contributed by atoms with E-state index in [2.05, 4.69) is 25.5 Å². The van der Waals surface area contributed by atoms with Crippen molar-refractivity contribution in [1.82, 2.24) is 25.1 Å². The van der Waals surface area contributed by atoms with Crippen molar-refractivity contribution in [2.24, 2.45) is 0 Å². The molecular weight excluding hydrogens is 324 g/mol. The Hall–Kier alpha value is -2.48. The van der Waals surface area contributed by atoms with Gasteiger partial charge < -0.3 is 10.2 Å². The molecule has 124 valence electrons. The van der Waals surface area contributed by atoms with Gasteiger partial charge in [-0.05, 0) is 48.9 Å². The normalized spacial score (nSPS) is 14.5. The molecular formula is C16H18N6OS. The summed E-state index contributed by atoms with van der Waals surface area (Å²) in [5.41, 5.74) is 1.78. The highest BCUT2D eigenvalue weighted by Gasteiger charge is 2.16. The third-order valence-corrected chi connectivity index (χ3v) is 5.15. The van der Waals surface area contributed by atoms with Crippen molar-refractivity contribution in [1.29, 1.82) is 0 Å². The maximum Gasteiger partial charge on any atom is 0.261 e. The van der Waals surface area contributed by atoms with Gasteiger partial charge >= 0.3 is 0 Å². The fourth-order valence-corrected chi connectivity index (χ4v) is 3.66. The van der Waals surface area contributed by atoms with Crippen LogP contribution in [0.1, 0.15) is 33.9 Å². The van der Waals surface area contributed by atoms with Crippen LogP contribution in [0, 0.1) is 6.92 Å². The minimum Gasteiger partial charge on any atom is -0.355 e. The predicted octanol–water partition coefficient (Wildman–Crippen LogP) is 2.02. The van der Waals surface area contributed by atoms with Crippen molar-refractivity contribution in [2.45, 2.75) is 26.3 Å². The number of thiophene rings is 1.